The lowest BCUT2D eigenvalue weighted by Crippen LogP contribution is -2.21. The average Bonchev–Trinajstić information content (AvgIpc) is 2.83. The van der Waals surface area contributed by atoms with Gasteiger partial charge in [0.25, 0.3) is 5.91 Å². The van der Waals surface area contributed by atoms with Crippen molar-refractivity contribution in [2.24, 2.45) is 0 Å². The molecule has 4 aromatic carbocycles. The fourth-order valence-electron chi connectivity index (χ4n) is 3.81. The first-order chi connectivity index (χ1) is 15.4. The molecule has 156 valence electrons. The molecule has 1 amide bonds. The van der Waals surface area contributed by atoms with E-state index in [1.54, 1.807) is 24.3 Å². The number of hydrogen-bond donors (Lipinski definition) is 1. The van der Waals surface area contributed by atoms with Gasteiger partial charge >= 0.3 is 0 Å². The molecule has 6 heteroatoms. The molecule has 1 aliphatic heterocycles. The van der Waals surface area contributed by atoms with Crippen LogP contribution >= 0.6 is 0 Å². The third-order valence-corrected chi connectivity index (χ3v) is 7.30. The molecule has 4 aromatic rings. The number of carbonyl (C=O) groups is 2. The maximum atomic E-state index is 13.1. The minimum atomic E-state index is -3.90. The van der Waals surface area contributed by atoms with E-state index in [0.717, 1.165) is 11.1 Å². The number of amides is 1. The maximum absolute atomic E-state index is 13.1. The van der Waals surface area contributed by atoms with E-state index in [1.165, 1.54) is 30.3 Å². The molecule has 1 N–H and O–H groups in total. The van der Waals surface area contributed by atoms with Crippen LogP contribution in [0.15, 0.2) is 107 Å². The molecule has 0 saturated heterocycles. The first-order valence-electron chi connectivity index (χ1n) is 9.95. The molecule has 0 unspecified atom stereocenters. The van der Waals surface area contributed by atoms with Gasteiger partial charge in [-0.05, 0) is 53.6 Å². The highest BCUT2D eigenvalue weighted by molar-refractivity contribution is 7.91. The number of benzene rings is 4. The minimum absolute atomic E-state index is 0.0356. The Balaban J connectivity index is 1.44. The van der Waals surface area contributed by atoms with E-state index in [2.05, 4.69) is 5.32 Å². The van der Waals surface area contributed by atoms with E-state index >= 15 is 0 Å². The first-order valence-corrected chi connectivity index (χ1v) is 11.4. The number of ketones is 1. The molecule has 0 spiro atoms. The molecular formula is C26H17NO4S. The lowest BCUT2D eigenvalue weighted by molar-refractivity contribution is 0.101. The average molecular weight is 439 g/mol. The van der Waals surface area contributed by atoms with Crippen LogP contribution in [0.1, 0.15) is 26.3 Å². The standard InChI is InChI=1S/C26H17NO4S/c28-25-21-8-4-5-9-23(21)32(30,31)24-16-19(12-15-22(24)25)26(29)27-20-13-10-18(11-14-20)17-6-2-1-3-7-17/h1-16H,(H,27,29). The number of hydrogen-bond acceptors (Lipinski definition) is 4. The number of carbonyl (C=O) groups excluding carboxylic acids is 2. The molecule has 0 radical (unpaired) electrons. The van der Waals surface area contributed by atoms with E-state index in [0.29, 0.717) is 5.69 Å². The molecule has 0 atom stereocenters. The van der Waals surface area contributed by atoms with Gasteiger partial charge in [-0.25, -0.2) is 8.42 Å². The van der Waals surface area contributed by atoms with Crippen molar-refractivity contribution in [3.05, 3.63) is 114 Å². The Bertz CT molecular complexity index is 1470. The maximum Gasteiger partial charge on any atom is 0.255 e. The van der Waals surface area contributed by atoms with Crippen molar-refractivity contribution in [2.45, 2.75) is 9.79 Å². The van der Waals surface area contributed by atoms with E-state index in [4.69, 9.17) is 0 Å². The monoisotopic (exact) mass is 439 g/mol. The summed E-state index contributed by atoms with van der Waals surface area (Å²) in [5, 5.41) is 2.78. The zero-order valence-corrected chi connectivity index (χ0v) is 17.6. The van der Waals surface area contributed by atoms with Gasteiger partial charge in [0.1, 0.15) is 0 Å². The third kappa shape index (κ3) is 3.31. The molecule has 0 bridgehead atoms. The van der Waals surface area contributed by atoms with Gasteiger partial charge in [0.2, 0.25) is 9.84 Å². The summed E-state index contributed by atoms with van der Waals surface area (Å²) < 4.78 is 26.1. The molecule has 0 aromatic heterocycles. The van der Waals surface area contributed by atoms with Crippen LogP contribution in [0.25, 0.3) is 11.1 Å². The van der Waals surface area contributed by atoms with Gasteiger partial charge in [-0.15, -0.1) is 0 Å². The van der Waals surface area contributed by atoms with Crippen LogP contribution in [-0.4, -0.2) is 20.1 Å². The molecule has 1 heterocycles. The van der Waals surface area contributed by atoms with Crippen molar-refractivity contribution in [2.75, 3.05) is 5.32 Å². The summed E-state index contributed by atoms with van der Waals surface area (Å²) in [5.74, 6) is -0.823. The summed E-state index contributed by atoms with van der Waals surface area (Å²) >= 11 is 0. The van der Waals surface area contributed by atoms with Crippen LogP contribution in [0, 0.1) is 0 Å². The number of anilines is 1. The number of fused-ring (bicyclic) bond motifs is 2. The molecule has 32 heavy (non-hydrogen) atoms. The molecule has 1 aliphatic rings. The Kier molecular flexibility index (Phi) is 4.72. The third-order valence-electron chi connectivity index (χ3n) is 5.45. The van der Waals surface area contributed by atoms with Gasteiger partial charge in [0.05, 0.1) is 9.79 Å². The molecule has 0 aliphatic carbocycles. The Morgan fingerprint density at radius 2 is 1.28 bits per heavy atom. The van der Waals surface area contributed by atoms with Gasteiger partial charge in [-0.3, -0.25) is 9.59 Å². The SMILES string of the molecule is O=C(Nc1ccc(-c2ccccc2)cc1)c1ccc2c(c1)S(=O)(=O)c1ccccc1C2=O. The quantitative estimate of drug-likeness (QED) is 0.430. The smallest absolute Gasteiger partial charge is 0.255 e. The van der Waals surface area contributed by atoms with Crippen molar-refractivity contribution in [1.82, 2.24) is 0 Å². The van der Waals surface area contributed by atoms with Crippen molar-refractivity contribution in [1.29, 1.82) is 0 Å². The fourth-order valence-corrected chi connectivity index (χ4v) is 5.48. The highest BCUT2D eigenvalue weighted by Gasteiger charge is 2.35. The topological polar surface area (TPSA) is 80.3 Å². The van der Waals surface area contributed by atoms with Gasteiger partial charge in [0.15, 0.2) is 5.78 Å². The fraction of sp³-hybridized carbons (Fsp3) is 0. The second-order valence-electron chi connectivity index (χ2n) is 7.44. The molecular weight excluding hydrogens is 422 g/mol. The number of sulfone groups is 1. The summed E-state index contributed by atoms with van der Waals surface area (Å²) in [5.41, 5.74) is 3.04. The zero-order chi connectivity index (χ0) is 22.3. The zero-order valence-electron chi connectivity index (χ0n) is 16.8. The second-order valence-corrected chi connectivity index (χ2v) is 9.32. The van der Waals surface area contributed by atoms with Gasteiger partial charge in [0, 0.05) is 22.4 Å². The minimum Gasteiger partial charge on any atom is -0.322 e. The van der Waals surface area contributed by atoms with Crippen LogP contribution in [0.4, 0.5) is 5.69 Å². The highest BCUT2D eigenvalue weighted by Crippen LogP contribution is 2.35. The summed E-state index contributed by atoms with van der Waals surface area (Å²) in [4.78, 5) is 25.4. The molecule has 0 saturated carbocycles. The number of rotatable bonds is 3. The summed E-state index contributed by atoms with van der Waals surface area (Å²) in [6.07, 6.45) is 0. The predicted octanol–water partition coefficient (Wildman–Crippen LogP) is 4.98. The lowest BCUT2D eigenvalue weighted by Gasteiger charge is -2.19. The van der Waals surface area contributed by atoms with Crippen molar-refractivity contribution in [3.63, 3.8) is 0 Å². The molecule has 0 fully saturated rings. The van der Waals surface area contributed by atoms with E-state index in [1.807, 2.05) is 42.5 Å². The normalized spacial score (nSPS) is 13.7. The van der Waals surface area contributed by atoms with Gasteiger partial charge in [-0.1, -0.05) is 54.6 Å². The van der Waals surface area contributed by atoms with Crippen LogP contribution in [0.5, 0.6) is 0 Å². The lowest BCUT2D eigenvalue weighted by atomic mass is 10.0. The Hall–Kier alpha value is -4.03. The van der Waals surface area contributed by atoms with Crippen molar-refractivity contribution >= 4 is 27.2 Å². The van der Waals surface area contributed by atoms with Gasteiger partial charge < -0.3 is 5.32 Å². The van der Waals surface area contributed by atoms with Crippen molar-refractivity contribution < 1.29 is 18.0 Å². The first kappa shape index (κ1) is 19.9. The summed E-state index contributed by atoms with van der Waals surface area (Å²) in [6.45, 7) is 0. The predicted molar refractivity (Wildman–Crippen MR) is 122 cm³/mol. The highest BCUT2D eigenvalue weighted by atomic mass is 32.2. The number of nitrogens with one attached hydrogen (secondary N) is 1. The molecule has 5 nitrogen and oxygen atoms in total. The Morgan fingerprint density at radius 1 is 0.656 bits per heavy atom. The van der Waals surface area contributed by atoms with E-state index < -0.39 is 15.7 Å². The van der Waals surface area contributed by atoms with Gasteiger partial charge in [-0.2, -0.15) is 0 Å². The van der Waals surface area contributed by atoms with E-state index in [9.17, 15) is 18.0 Å². The van der Waals surface area contributed by atoms with Crippen LogP contribution in [0.3, 0.4) is 0 Å². The summed E-state index contributed by atoms with van der Waals surface area (Å²) in [7, 11) is -3.90. The van der Waals surface area contributed by atoms with E-state index in [-0.39, 0.29) is 32.3 Å². The second kappa shape index (κ2) is 7.59. The van der Waals surface area contributed by atoms with Crippen LogP contribution in [0.2, 0.25) is 0 Å². The molecule has 5 rings (SSSR count). The largest absolute Gasteiger partial charge is 0.322 e. The van der Waals surface area contributed by atoms with Crippen LogP contribution in [-0.2, 0) is 9.84 Å². The summed E-state index contributed by atoms with van der Waals surface area (Å²) in [6, 6.07) is 27.5. The van der Waals surface area contributed by atoms with Crippen LogP contribution < -0.4 is 5.32 Å². The van der Waals surface area contributed by atoms with Crippen molar-refractivity contribution in [3.8, 4) is 11.1 Å². The Labute approximate surface area is 185 Å². The Morgan fingerprint density at radius 3 is 2.03 bits per heavy atom.